The number of methoxy groups -OCH3 is 2. The van der Waals surface area contributed by atoms with Gasteiger partial charge in [-0.3, -0.25) is 4.90 Å². The van der Waals surface area contributed by atoms with Crippen LogP contribution in [-0.4, -0.2) is 45.3 Å². The second kappa shape index (κ2) is 7.80. The van der Waals surface area contributed by atoms with Crippen molar-refractivity contribution in [1.29, 1.82) is 0 Å². The number of piperazine rings is 1. The lowest BCUT2D eigenvalue weighted by Crippen LogP contribution is -2.45. The summed E-state index contributed by atoms with van der Waals surface area (Å²) in [5.74, 6) is 0.0819. The molecule has 2 aromatic carbocycles. The fourth-order valence-electron chi connectivity index (χ4n) is 3.27. The van der Waals surface area contributed by atoms with E-state index in [0.717, 1.165) is 37.8 Å². The molecular formula is C19H22F2N2O2. The van der Waals surface area contributed by atoms with E-state index in [2.05, 4.69) is 10.2 Å². The lowest BCUT2D eigenvalue weighted by atomic mass is 9.95. The Morgan fingerprint density at radius 3 is 2.32 bits per heavy atom. The Morgan fingerprint density at radius 1 is 0.960 bits per heavy atom. The van der Waals surface area contributed by atoms with Crippen molar-refractivity contribution in [2.45, 2.75) is 6.04 Å². The number of hydrogen-bond acceptors (Lipinski definition) is 4. The highest BCUT2D eigenvalue weighted by Gasteiger charge is 2.27. The SMILES string of the molecule is COc1ccc(C(c2ccc(F)cc2F)N2CCNCC2)cc1OC. The average molecular weight is 348 g/mol. The van der Waals surface area contributed by atoms with Gasteiger partial charge in [-0.2, -0.15) is 0 Å². The summed E-state index contributed by atoms with van der Waals surface area (Å²) >= 11 is 0. The van der Waals surface area contributed by atoms with E-state index in [0.29, 0.717) is 17.1 Å². The maximum absolute atomic E-state index is 14.5. The van der Waals surface area contributed by atoms with Crippen LogP contribution in [0.4, 0.5) is 8.78 Å². The average Bonchev–Trinajstić information content (AvgIpc) is 2.64. The number of nitrogens with one attached hydrogen (secondary N) is 1. The standard InChI is InChI=1S/C19H22F2N2O2/c1-24-17-6-3-13(11-18(17)25-2)19(23-9-7-22-8-10-23)15-5-4-14(20)12-16(15)21/h3-6,11-12,19,22H,7-10H2,1-2H3. The lowest BCUT2D eigenvalue weighted by molar-refractivity contribution is 0.195. The third kappa shape index (κ3) is 3.75. The lowest BCUT2D eigenvalue weighted by Gasteiger charge is -2.36. The molecule has 134 valence electrons. The summed E-state index contributed by atoms with van der Waals surface area (Å²) < 4.78 is 38.6. The highest BCUT2D eigenvalue weighted by molar-refractivity contribution is 5.46. The quantitative estimate of drug-likeness (QED) is 0.901. The van der Waals surface area contributed by atoms with Crippen molar-refractivity contribution in [1.82, 2.24) is 10.2 Å². The van der Waals surface area contributed by atoms with Crippen LogP contribution in [-0.2, 0) is 0 Å². The minimum absolute atomic E-state index is 0.317. The van der Waals surface area contributed by atoms with E-state index in [4.69, 9.17) is 9.47 Å². The van der Waals surface area contributed by atoms with Gasteiger partial charge in [0.1, 0.15) is 11.6 Å². The van der Waals surface area contributed by atoms with Crippen molar-refractivity contribution in [3.05, 3.63) is 59.2 Å². The van der Waals surface area contributed by atoms with Crippen molar-refractivity contribution in [2.75, 3.05) is 40.4 Å². The first-order chi connectivity index (χ1) is 12.1. The third-order valence-corrected chi connectivity index (χ3v) is 4.50. The van der Waals surface area contributed by atoms with E-state index in [1.54, 1.807) is 14.2 Å². The number of benzene rings is 2. The fourth-order valence-corrected chi connectivity index (χ4v) is 3.27. The Morgan fingerprint density at radius 2 is 1.68 bits per heavy atom. The van der Waals surface area contributed by atoms with Gasteiger partial charge in [0.25, 0.3) is 0 Å². The Hall–Kier alpha value is -2.18. The van der Waals surface area contributed by atoms with E-state index >= 15 is 0 Å². The van der Waals surface area contributed by atoms with Gasteiger partial charge in [-0.05, 0) is 23.8 Å². The topological polar surface area (TPSA) is 33.7 Å². The molecule has 1 N–H and O–H groups in total. The Labute approximate surface area is 146 Å². The van der Waals surface area contributed by atoms with Crippen LogP contribution < -0.4 is 14.8 Å². The summed E-state index contributed by atoms with van der Waals surface area (Å²) in [4.78, 5) is 2.19. The number of hydrogen-bond donors (Lipinski definition) is 1. The van der Waals surface area contributed by atoms with Gasteiger partial charge in [0.05, 0.1) is 20.3 Å². The summed E-state index contributed by atoms with van der Waals surface area (Å²) in [6, 6.07) is 9.01. The van der Waals surface area contributed by atoms with Crippen LogP contribution in [0.3, 0.4) is 0 Å². The van der Waals surface area contributed by atoms with E-state index in [9.17, 15) is 8.78 Å². The van der Waals surface area contributed by atoms with E-state index in [-0.39, 0.29) is 6.04 Å². The second-order valence-electron chi connectivity index (χ2n) is 5.97. The van der Waals surface area contributed by atoms with Crippen molar-refractivity contribution in [2.24, 2.45) is 0 Å². The van der Waals surface area contributed by atoms with Crippen LogP contribution in [0.15, 0.2) is 36.4 Å². The van der Waals surface area contributed by atoms with Crippen LogP contribution in [0.25, 0.3) is 0 Å². The van der Waals surface area contributed by atoms with E-state index < -0.39 is 11.6 Å². The second-order valence-corrected chi connectivity index (χ2v) is 5.97. The van der Waals surface area contributed by atoms with Gasteiger partial charge < -0.3 is 14.8 Å². The highest BCUT2D eigenvalue weighted by Crippen LogP contribution is 2.36. The third-order valence-electron chi connectivity index (χ3n) is 4.50. The van der Waals surface area contributed by atoms with Crippen LogP contribution in [0.2, 0.25) is 0 Å². The smallest absolute Gasteiger partial charge is 0.161 e. The summed E-state index contributed by atoms with van der Waals surface area (Å²) in [7, 11) is 3.14. The number of rotatable bonds is 5. The Balaban J connectivity index is 2.07. The van der Waals surface area contributed by atoms with Crippen molar-refractivity contribution >= 4 is 0 Å². The Kier molecular flexibility index (Phi) is 5.50. The summed E-state index contributed by atoms with van der Waals surface area (Å²) in [6.07, 6.45) is 0. The minimum Gasteiger partial charge on any atom is -0.493 e. The van der Waals surface area contributed by atoms with Gasteiger partial charge in [0.15, 0.2) is 11.5 Å². The molecule has 0 bridgehead atoms. The van der Waals surface area contributed by atoms with Gasteiger partial charge in [0, 0.05) is 37.8 Å². The van der Waals surface area contributed by atoms with E-state index in [1.807, 2.05) is 18.2 Å². The maximum atomic E-state index is 14.5. The molecule has 0 aliphatic carbocycles. The highest BCUT2D eigenvalue weighted by atomic mass is 19.1. The van der Waals surface area contributed by atoms with Crippen LogP contribution >= 0.6 is 0 Å². The zero-order chi connectivity index (χ0) is 17.8. The molecule has 1 aliphatic rings. The molecule has 25 heavy (non-hydrogen) atoms. The predicted molar refractivity (Wildman–Crippen MR) is 92.2 cm³/mol. The first kappa shape index (κ1) is 17.6. The zero-order valence-corrected chi connectivity index (χ0v) is 14.4. The van der Waals surface area contributed by atoms with Gasteiger partial charge >= 0.3 is 0 Å². The first-order valence-corrected chi connectivity index (χ1v) is 8.25. The van der Waals surface area contributed by atoms with Crippen molar-refractivity contribution in [3.63, 3.8) is 0 Å². The van der Waals surface area contributed by atoms with Gasteiger partial charge in [0.2, 0.25) is 0 Å². The fraction of sp³-hybridized carbons (Fsp3) is 0.368. The van der Waals surface area contributed by atoms with Crippen molar-refractivity contribution in [3.8, 4) is 11.5 Å². The predicted octanol–water partition coefficient (Wildman–Crippen LogP) is 2.98. The Bertz CT molecular complexity index is 733. The van der Waals surface area contributed by atoms with Crippen LogP contribution in [0.1, 0.15) is 17.2 Å². The minimum atomic E-state index is -0.576. The molecule has 2 aromatic rings. The number of nitrogens with zero attached hydrogens (tertiary/aromatic N) is 1. The van der Waals surface area contributed by atoms with Crippen LogP contribution in [0.5, 0.6) is 11.5 Å². The molecule has 0 aromatic heterocycles. The molecule has 4 nitrogen and oxygen atoms in total. The molecule has 3 rings (SSSR count). The molecular weight excluding hydrogens is 326 g/mol. The molecule has 1 aliphatic heterocycles. The molecule has 1 fully saturated rings. The van der Waals surface area contributed by atoms with Gasteiger partial charge in [-0.15, -0.1) is 0 Å². The van der Waals surface area contributed by atoms with Crippen molar-refractivity contribution < 1.29 is 18.3 Å². The molecule has 0 saturated carbocycles. The number of ether oxygens (including phenoxy) is 2. The molecule has 1 heterocycles. The molecule has 0 amide bonds. The number of halogens is 2. The summed E-state index contributed by atoms with van der Waals surface area (Å²) in [5.41, 5.74) is 1.33. The van der Waals surface area contributed by atoms with Gasteiger partial charge in [-0.1, -0.05) is 12.1 Å². The monoisotopic (exact) mass is 348 g/mol. The van der Waals surface area contributed by atoms with E-state index in [1.165, 1.54) is 12.1 Å². The molecule has 0 radical (unpaired) electrons. The zero-order valence-electron chi connectivity index (χ0n) is 14.4. The van der Waals surface area contributed by atoms with Crippen LogP contribution in [0, 0.1) is 11.6 Å². The molecule has 1 atom stereocenters. The summed E-state index contributed by atoms with van der Waals surface area (Å²) in [5, 5.41) is 3.30. The molecule has 1 unspecified atom stereocenters. The summed E-state index contributed by atoms with van der Waals surface area (Å²) in [6.45, 7) is 3.20. The molecule has 1 saturated heterocycles. The first-order valence-electron chi connectivity index (χ1n) is 8.25. The maximum Gasteiger partial charge on any atom is 0.161 e. The molecule has 6 heteroatoms. The molecule has 0 spiro atoms. The van der Waals surface area contributed by atoms with Gasteiger partial charge in [-0.25, -0.2) is 8.78 Å². The normalized spacial score (nSPS) is 16.5. The largest absolute Gasteiger partial charge is 0.493 e.